The van der Waals surface area contributed by atoms with Crippen LogP contribution in [0.5, 0.6) is 5.75 Å². The van der Waals surface area contributed by atoms with Gasteiger partial charge in [-0.25, -0.2) is 13.6 Å². The van der Waals surface area contributed by atoms with Crippen molar-refractivity contribution >= 4 is 10.0 Å². The molecule has 2 aromatic rings. The van der Waals surface area contributed by atoms with Crippen LogP contribution in [0.3, 0.4) is 0 Å². The SMILES string of the molecule is Cc1ccc(OCCCN(C)C(C)c2ccc(S(N)(=O)=O)cc2)cc1C. The molecule has 5 nitrogen and oxygen atoms in total. The molecule has 0 spiro atoms. The maximum atomic E-state index is 11.3. The minimum Gasteiger partial charge on any atom is -0.494 e. The van der Waals surface area contributed by atoms with Gasteiger partial charge in [-0.1, -0.05) is 18.2 Å². The monoisotopic (exact) mass is 376 g/mol. The Morgan fingerprint density at radius 2 is 1.73 bits per heavy atom. The van der Waals surface area contributed by atoms with E-state index in [0.29, 0.717) is 6.61 Å². The summed E-state index contributed by atoms with van der Waals surface area (Å²) in [4.78, 5) is 2.35. The molecule has 1 atom stereocenters. The molecular formula is C20H28N2O3S. The van der Waals surface area contributed by atoms with Gasteiger partial charge in [0.1, 0.15) is 5.75 Å². The molecule has 0 amide bonds. The first-order valence-corrected chi connectivity index (χ1v) is 10.3. The number of ether oxygens (including phenoxy) is 1. The molecule has 2 rings (SSSR count). The largest absolute Gasteiger partial charge is 0.494 e. The molecule has 0 aliphatic carbocycles. The van der Waals surface area contributed by atoms with Gasteiger partial charge in [-0.3, -0.25) is 4.90 Å². The molecule has 2 aromatic carbocycles. The van der Waals surface area contributed by atoms with E-state index >= 15 is 0 Å². The Bertz CT molecular complexity index is 833. The summed E-state index contributed by atoms with van der Waals surface area (Å²) in [5.74, 6) is 0.905. The van der Waals surface area contributed by atoms with Crippen LogP contribution in [0, 0.1) is 13.8 Å². The summed E-state index contributed by atoms with van der Waals surface area (Å²) < 4.78 is 28.5. The highest BCUT2D eigenvalue weighted by Crippen LogP contribution is 2.21. The number of hydrogen-bond acceptors (Lipinski definition) is 4. The Labute approximate surface area is 156 Å². The molecule has 0 radical (unpaired) electrons. The molecule has 0 aliphatic rings. The molecule has 0 heterocycles. The number of nitrogens with zero attached hydrogens (tertiary/aromatic N) is 1. The van der Waals surface area contributed by atoms with E-state index in [0.717, 1.165) is 24.3 Å². The fourth-order valence-corrected chi connectivity index (χ4v) is 3.21. The molecule has 2 N–H and O–H groups in total. The molecule has 0 aromatic heterocycles. The minimum absolute atomic E-state index is 0.137. The van der Waals surface area contributed by atoms with Gasteiger partial charge < -0.3 is 4.74 Å². The minimum atomic E-state index is -3.65. The summed E-state index contributed by atoms with van der Waals surface area (Å²) >= 11 is 0. The third-order valence-corrected chi connectivity index (χ3v) is 5.68. The van der Waals surface area contributed by atoms with Crippen LogP contribution in [0.25, 0.3) is 0 Å². The zero-order valence-electron chi connectivity index (χ0n) is 15.9. The topological polar surface area (TPSA) is 72.6 Å². The highest BCUT2D eigenvalue weighted by Gasteiger charge is 2.13. The van der Waals surface area contributed by atoms with E-state index in [-0.39, 0.29) is 10.9 Å². The number of benzene rings is 2. The first kappa shape index (κ1) is 20.4. The van der Waals surface area contributed by atoms with Crippen molar-refractivity contribution in [1.82, 2.24) is 4.90 Å². The first-order valence-electron chi connectivity index (χ1n) is 8.71. The fourth-order valence-electron chi connectivity index (χ4n) is 2.69. The lowest BCUT2D eigenvalue weighted by atomic mass is 10.1. The third kappa shape index (κ3) is 5.56. The fraction of sp³-hybridized carbons (Fsp3) is 0.400. The van der Waals surface area contributed by atoms with E-state index in [9.17, 15) is 8.42 Å². The van der Waals surface area contributed by atoms with Gasteiger partial charge in [0.25, 0.3) is 0 Å². The molecular weight excluding hydrogens is 348 g/mol. The number of nitrogens with two attached hydrogens (primary N) is 1. The van der Waals surface area contributed by atoms with Crippen LogP contribution in [0.15, 0.2) is 47.4 Å². The summed E-state index contributed by atoms with van der Waals surface area (Å²) in [7, 11) is -1.60. The lowest BCUT2D eigenvalue weighted by molar-refractivity contribution is 0.226. The Balaban J connectivity index is 1.83. The Kier molecular flexibility index (Phi) is 6.81. The molecule has 0 saturated carbocycles. The zero-order chi connectivity index (χ0) is 19.3. The van der Waals surface area contributed by atoms with Crippen molar-refractivity contribution in [3.63, 3.8) is 0 Å². The van der Waals surface area contributed by atoms with Crippen molar-refractivity contribution in [3.8, 4) is 5.75 Å². The van der Waals surface area contributed by atoms with Gasteiger partial charge in [0, 0.05) is 12.6 Å². The number of hydrogen-bond donors (Lipinski definition) is 1. The van der Waals surface area contributed by atoms with Crippen LogP contribution >= 0.6 is 0 Å². The Morgan fingerprint density at radius 3 is 2.31 bits per heavy atom. The van der Waals surface area contributed by atoms with Crippen LogP contribution in [0.2, 0.25) is 0 Å². The van der Waals surface area contributed by atoms with E-state index in [2.05, 4.69) is 37.8 Å². The van der Waals surface area contributed by atoms with Crippen molar-refractivity contribution in [1.29, 1.82) is 0 Å². The van der Waals surface area contributed by atoms with Gasteiger partial charge in [-0.15, -0.1) is 0 Å². The number of rotatable bonds is 8. The van der Waals surface area contributed by atoms with Gasteiger partial charge in [-0.2, -0.15) is 0 Å². The molecule has 142 valence electrons. The smallest absolute Gasteiger partial charge is 0.238 e. The van der Waals surface area contributed by atoms with E-state index in [4.69, 9.17) is 9.88 Å². The normalized spacial score (nSPS) is 13.0. The van der Waals surface area contributed by atoms with Crippen LogP contribution < -0.4 is 9.88 Å². The van der Waals surface area contributed by atoms with Crippen molar-refractivity contribution in [2.45, 2.75) is 38.1 Å². The van der Waals surface area contributed by atoms with E-state index in [1.165, 1.54) is 11.1 Å². The van der Waals surface area contributed by atoms with Crippen LogP contribution in [0.4, 0.5) is 0 Å². The predicted molar refractivity (Wildman–Crippen MR) is 105 cm³/mol. The molecule has 0 saturated heterocycles. The third-order valence-electron chi connectivity index (χ3n) is 4.75. The van der Waals surface area contributed by atoms with Crippen LogP contribution in [-0.4, -0.2) is 33.5 Å². The summed E-state index contributed by atoms with van der Waals surface area (Å²) in [6, 6.07) is 13.0. The summed E-state index contributed by atoms with van der Waals surface area (Å²) in [5, 5.41) is 5.14. The second-order valence-corrected chi connectivity index (χ2v) is 8.28. The second kappa shape index (κ2) is 8.66. The molecule has 6 heteroatoms. The van der Waals surface area contributed by atoms with E-state index in [1.807, 2.05) is 25.2 Å². The molecule has 0 fully saturated rings. The molecule has 0 aliphatic heterocycles. The highest BCUT2D eigenvalue weighted by atomic mass is 32.2. The van der Waals surface area contributed by atoms with Gasteiger partial charge >= 0.3 is 0 Å². The molecule has 26 heavy (non-hydrogen) atoms. The average molecular weight is 377 g/mol. The maximum Gasteiger partial charge on any atom is 0.238 e. The molecule has 0 bridgehead atoms. The first-order chi connectivity index (χ1) is 12.2. The number of aryl methyl sites for hydroxylation is 2. The maximum absolute atomic E-state index is 11.3. The van der Waals surface area contributed by atoms with E-state index in [1.54, 1.807) is 12.1 Å². The standard InChI is InChI=1S/C20H28N2O3S/c1-15-6-9-19(14-16(15)2)25-13-5-12-22(4)17(3)18-7-10-20(11-8-18)26(21,23)24/h6-11,14,17H,5,12-13H2,1-4H3,(H2,21,23,24). The average Bonchev–Trinajstić information content (AvgIpc) is 2.60. The summed E-state index contributed by atoms with van der Waals surface area (Å²) in [6.07, 6.45) is 0.906. The quantitative estimate of drug-likeness (QED) is 0.717. The van der Waals surface area contributed by atoms with Gasteiger partial charge in [-0.05, 0) is 75.2 Å². The van der Waals surface area contributed by atoms with Crippen LogP contribution in [0.1, 0.15) is 36.1 Å². The van der Waals surface area contributed by atoms with Gasteiger partial charge in [0.2, 0.25) is 10.0 Å². The van der Waals surface area contributed by atoms with Crippen LogP contribution in [-0.2, 0) is 10.0 Å². The number of sulfonamides is 1. The predicted octanol–water partition coefficient (Wildman–Crippen LogP) is 3.41. The van der Waals surface area contributed by atoms with Crippen molar-refractivity contribution in [2.24, 2.45) is 5.14 Å². The Hall–Kier alpha value is -1.89. The zero-order valence-corrected chi connectivity index (χ0v) is 16.7. The van der Waals surface area contributed by atoms with E-state index < -0.39 is 10.0 Å². The summed E-state index contributed by atoms with van der Waals surface area (Å²) in [6.45, 7) is 7.80. The van der Waals surface area contributed by atoms with Gasteiger partial charge in [0.15, 0.2) is 0 Å². The number of primary sulfonamides is 1. The lowest BCUT2D eigenvalue weighted by Crippen LogP contribution is -2.25. The van der Waals surface area contributed by atoms with Crippen molar-refractivity contribution in [2.75, 3.05) is 20.2 Å². The molecule has 1 unspecified atom stereocenters. The van der Waals surface area contributed by atoms with Crippen molar-refractivity contribution < 1.29 is 13.2 Å². The lowest BCUT2D eigenvalue weighted by Gasteiger charge is -2.25. The van der Waals surface area contributed by atoms with Crippen molar-refractivity contribution in [3.05, 3.63) is 59.2 Å². The summed E-state index contributed by atoms with van der Waals surface area (Å²) in [5.41, 5.74) is 3.55. The Morgan fingerprint density at radius 1 is 1.08 bits per heavy atom. The highest BCUT2D eigenvalue weighted by molar-refractivity contribution is 7.89. The van der Waals surface area contributed by atoms with Gasteiger partial charge in [0.05, 0.1) is 11.5 Å². The second-order valence-electron chi connectivity index (χ2n) is 6.72.